The Balaban J connectivity index is 1.66. The third-order valence-electron chi connectivity index (χ3n) is 4.90. The van der Waals surface area contributed by atoms with Gasteiger partial charge < -0.3 is 10.2 Å². The normalized spacial score (nSPS) is 19.4. The summed E-state index contributed by atoms with van der Waals surface area (Å²) >= 11 is 0. The number of carbonyl (C=O) groups is 2. The zero-order valence-electron chi connectivity index (χ0n) is 14.6. The number of urea groups is 1. The number of hydrogen-bond acceptors (Lipinski definition) is 2. The molecule has 0 fully saturated rings. The maximum atomic E-state index is 13.7. The maximum absolute atomic E-state index is 13.7. The molecular formula is C20H17F2N3O2. The number of halogens is 2. The van der Waals surface area contributed by atoms with Gasteiger partial charge in [-0.1, -0.05) is 24.3 Å². The zero-order chi connectivity index (χ0) is 19.1. The number of benzene rings is 2. The molecule has 2 aromatic rings. The third kappa shape index (κ3) is 3.05. The van der Waals surface area contributed by atoms with Crippen molar-refractivity contribution in [1.82, 2.24) is 15.1 Å². The quantitative estimate of drug-likeness (QED) is 0.904. The van der Waals surface area contributed by atoms with E-state index in [1.807, 2.05) is 0 Å². The molecule has 5 nitrogen and oxygen atoms in total. The largest absolute Gasteiger partial charge is 0.329 e. The van der Waals surface area contributed by atoms with E-state index in [-0.39, 0.29) is 24.3 Å². The van der Waals surface area contributed by atoms with E-state index in [1.54, 1.807) is 36.2 Å². The van der Waals surface area contributed by atoms with Crippen molar-refractivity contribution >= 4 is 11.9 Å². The summed E-state index contributed by atoms with van der Waals surface area (Å²) < 4.78 is 26.8. The fourth-order valence-corrected chi connectivity index (χ4v) is 3.50. The minimum Gasteiger partial charge on any atom is -0.329 e. The molecule has 2 aliphatic rings. The Morgan fingerprint density at radius 3 is 2.52 bits per heavy atom. The van der Waals surface area contributed by atoms with Gasteiger partial charge in [0, 0.05) is 13.6 Å². The van der Waals surface area contributed by atoms with Gasteiger partial charge in [0.15, 0.2) is 0 Å². The summed E-state index contributed by atoms with van der Waals surface area (Å²) in [5, 5.41) is 2.77. The van der Waals surface area contributed by atoms with E-state index in [0.29, 0.717) is 23.4 Å². The summed E-state index contributed by atoms with van der Waals surface area (Å²) in [6, 6.07) is 10.7. The minimum atomic E-state index is -0.704. The van der Waals surface area contributed by atoms with E-state index in [1.165, 1.54) is 29.2 Å². The summed E-state index contributed by atoms with van der Waals surface area (Å²) in [6.45, 7) is 0.561. The average molecular weight is 369 g/mol. The summed E-state index contributed by atoms with van der Waals surface area (Å²) in [4.78, 5) is 28.4. The van der Waals surface area contributed by atoms with Crippen molar-refractivity contribution in [3.63, 3.8) is 0 Å². The smallest absolute Gasteiger partial charge is 0.322 e. The minimum absolute atomic E-state index is 0.226. The van der Waals surface area contributed by atoms with Gasteiger partial charge in [-0.2, -0.15) is 0 Å². The molecule has 0 radical (unpaired) electrons. The van der Waals surface area contributed by atoms with Crippen molar-refractivity contribution in [3.05, 3.63) is 82.6 Å². The molecular weight excluding hydrogens is 352 g/mol. The van der Waals surface area contributed by atoms with Crippen LogP contribution in [0.4, 0.5) is 13.6 Å². The Morgan fingerprint density at radius 1 is 1.07 bits per heavy atom. The average Bonchev–Trinajstić information content (AvgIpc) is 2.97. The lowest BCUT2D eigenvalue weighted by atomic mass is 9.95. The second-order valence-electron chi connectivity index (χ2n) is 6.64. The molecule has 3 amide bonds. The van der Waals surface area contributed by atoms with Crippen molar-refractivity contribution < 1.29 is 18.4 Å². The van der Waals surface area contributed by atoms with Gasteiger partial charge in [-0.3, -0.25) is 9.69 Å². The molecule has 0 saturated carbocycles. The molecule has 0 aromatic heterocycles. The van der Waals surface area contributed by atoms with E-state index < -0.39 is 11.9 Å². The number of hydrogen-bond donors (Lipinski definition) is 1. The van der Waals surface area contributed by atoms with Crippen LogP contribution in [0, 0.1) is 11.6 Å². The van der Waals surface area contributed by atoms with Crippen LogP contribution in [0.2, 0.25) is 0 Å². The monoisotopic (exact) mass is 369 g/mol. The van der Waals surface area contributed by atoms with Crippen LogP contribution in [0.3, 0.4) is 0 Å². The standard InChI is InChI=1S/C20H17F2N3O2/c1-24-16-11-25(10-12-5-7-14(21)8-6-12)19(26)17(16)18(23-20(24)27)13-3-2-4-15(22)9-13/h2-9,18H,10-11H2,1H3,(H,23,27). The summed E-state index contributed by atoms with van der Waals surface area (Å²) in [7, 11) is 1.60. The molecule has 1 N–H and O–H groups in total. The lowest BCUT2D eigenvalue weighted by molar-refractivity contribution is -0.126. The van der Waals surface area contributed by atoms with Gasteiger partial charge >= 0.3 is 6.03 Å². The number of rotatable bonds is 3. The summed E-state index contributed by atoms with van der Waals surface area (Å²) in [6.07, 6.45) is 0. The molecule has 0 bridgehead atoms. The molecule has 0 saturated heterocycles. The van der Waals surface area contributed by atoms with Crippen LogP contribution in [-0.2, 0) is 11.3 Å². The van der Waals surface area contributed by atoms with E-state index in [4.69, 9.17) is 0 Å². The van der Waals surface area contributed by atoms with Crippen LogP contribution in [0.25, 0.3) is 0 Å². The summed E-state index contributed by atoms with van der Waals surface area (Å²) in [5.41, 5.74) is 2.33. The summed E-state index contributed by atoms with van der Waals surface area (Å²) in [5.74, 6) is -1.00. The van der Waals surface area contributed by atoms with Gasteiger partial charge in [-0.15, -0.1) is 0 Å². The van der Waals surface area contributed by atoms with Gasteiger partial charge in [0.1, 0.15) is 11.6 Å². The lowest BCUT2D eigenvalue weighted by Gasteiger charge is -2.31. The zero-order valence-corrected chi connectivity index (χ0v) is 14.6. The Morgan fingerprint density at radius 2 is 1.81 bits per heavy atom. The van der Waals surface area contributed by atoms with Crippen molar-refractivity contribution in [2.24, 2.45) is 0 Å². The topological polar surface area (TPSA) is 52.7 Å². The number of amides is 3. The first-order valence-electron chi connectivity index (χ1n) is 8.50. The fourth-order valence-electron chi connectivity index (χ4n) is 3.50. The van der Waals surface area contributed by atoms with Crippen LogP contribution in [0.1, 0.15) is 17.2 Å². The highest BCUT2D eigenvalue weighted by atomic mass is 19.1. The highest BCUT2D eigenvalue weighted by Gasteiger charge is 2.42. The van der Waals surface area contributed by atoms with E-state index in [2.05, 4.69) is 5.32 Å². The Kier molecular flexibility index (Phi) is 4.14. The second kappa shape index (κ2) is 6.50. The SMILES string of the molecule is CN1C(=O)NC(c2cccc(F)c2)C2=C1CN(Cc1ccc(F)cc1)C2=O. The van der Waals surface area contributed by atoms with E-state index in [0.717, 1.165) is 5.56 Å². The van der Waals surface area contributed by atoms with E-state index >= 15 is 0 Å². The Bertz CT molecular complexity index is 956. The van der Waals surface area contributed by atoms with Crippen molar-refractivity contribution in [3.8, 4) is 0 Å². The fraction of sp³-hybridized carbons (Fsp3) is 0.200. The number of likely N-dealkylation sites (N-methyl/N-ethyl adjacent to an activating group) is 1. The molecule has 138 valence electrons. The van der Waals surface area contributed by atoms with Gasteiger partial charge in [-0.25, -0.2) is 13.6 Å². The van der Waals surface area contributed by atoms with Crippen LogP contribution in [-0.4, -0.2) is 35.3 Å². The maximum Gasteiger partial charge on any atom is 0.322 e. The van der Waals surface area contributed by atoms with Gasteiger partial charge in [-0.05, 0) is 35.4 Å². The first-order valence-corrected chi connectivity index (χ1v) is 8.50. The molecule has 0 aliphatic carbocycles. The highest BCUT2D eigenvalue weighted by Crippen LogP contribution is 2.36. The molecule has 1 unspecified atom stereocenters. The molecule has 2 aliphatic heterocycles. The predicted molar refractivity (Wildman–Crippen MR) is 94.3 cm³/mol. The molecule has 4 rings (SSSR count). The van der Waals surface area contributed by atoms with Crippen LogP contribution < -0.4 is 5.32 Å². The van der Waals surface area contributed by atoms with Crippen molar-refractivity contribution in [2.75, 3.05) is 13.6 Å². The number of carbonyl (C=O) groups excluding carboxylic acids is 2. The molecule has 1 atom stereocenters. The second-order valence-corrected chi connectivity index (χ2v) is 6.64. The molecule has 2 aromatic carbocycles. The third-order valence-corrected chi connectivity index (χ3v) is 4.90. The van der Waals surface area contributed by atoms with Gasteiger partial charge in [0.05, 0.1) is 23.9 Å². The Labute approximate surface area is 154 Å². The van der Waals surface area contributed by atoms with Gasteiger partial charge in [0.25, 0.3) is 5.91 Å². The molecule has 0 spiro atoms. The predicted octanol–water partition coefficient (Wildman–Crippen LogP) is 2.96. The first-order chi connectivity index (χ1) is 12.9. The number of nitrogens with one attached hydrogen (secondary N) is 1. The first kappa shape index (κ1) is 17.2. The number of nitrogens with zero attached hydrogens (tertiary/aromatic N) is 2. The van der Waals surface area contributed by atoms with Crippen molar-refractivity contribution in [2.45, 2.75) is 12.6 Å². The Hall–Kier alpha value is -3.22. The molecule has 2 heterocycles. The van der Waals surface area contributed by atoms with E-state index in [9.17, 15) is 18.4 Å². The van der Waals surface area contributed by atoms with Crippen molar-refractivity contribution in [1.29, 1.82) is 0 Å². The molecule has 7 heteroatoms. The lowest BCUT2D eigenvalue weighted by Crippen LogP contribution is -2.45. The van der Waals surface area contributed by atoms with Crippen LogP contribution in [0.5, 0.6) is 0 Å². The van der Waals surface area contributed by atoms with Gasteiger partial charge in [0.2, 0.25) is 0 Å². The van der Waals surface area contributed by atoms with Crippen LogP contribution in [0.15, 0.2) is 59.8 Å². The molecule has 27 heavy (non-hydrogen) atoms. The van der Waals surface area contributed by atoms with Crippen LogP contribution >= 0.6 is 0 Å². The highest BCUT2D eigenvalue weighted by molar-refractivity contribution is 6.01.